The van der Waals surface area contributed by atoms with Crippen LogP contribution in [-0.4, -0.2) is 62.1 Å². The van der Waals surface area contributed by atoms with E-state index in [9.17, 15) is 9.59 Å². The van der Waals surface area contributed by atoms with Crippen molar-refractivity contribution in [2.75, 3.05) is 26.6 Å². The monoisotopic (exact) mass is 423 g/mol. The second kappa shape index (κ2) is 10.4. The molecular weight excluding hydrogens is 394 g/mol. The highest BCUT2D eigenvalue weighted by Gasteiger charge is 2.26. The Morgan fingerprint density at radius 1 is 1.13 bits per heavy atom. The fourth-order valence-corrected chi connectivity index (χ4v) is 3.47. The van der Waals surface area contributed by atoms with E-state index < -0.39 is 18.5 Å². The molecule has 30 heavy (non-hydrogen) atoms. The van der Waals surface area contributed by atoms with Gasteiger partial charge in [0.25, 0.3) is 0 Å². The molecule has 1 fully saturated rings. The average Bonchev–Trinajstić information content (AvgIpc) is 3.16. The summed E-state index contributed by atoms with van der Waals surface area (Å²) in [6.45, 7) is 7.05. The van der Waals surface area contributed by atoms with Crippen molar-refractivity contribution in [1.82, 2.24) is 4.90 Å². The maximum Gasteiger partial charge on any atom is 0.511 e. The van der Waals surface area contributed by atoms with Crippen molar-refractivity contribution in [2.24, 2.45) is 0 Å². The third-order valence-electron chi connectivity index (χ3n) is 5.04. The molecule has 1 saturated heterocycles. The van der Waals surface area contributed by atoms with Gasteiger partial charge in [0, 0.05) is 32.4 Å². The average molecular weight is 423 g/mol. The van der Waals surface area contributed by atoms with E-state index in [0.29, 0.717) is 44.8 Å². The van der Waals surface area contributed by atoms with Gasteiger partial charge in [0.2, 0.25) is 13.1 Å². The standard InChI is InChI=1S/C21H29NO8/c1-4-22(14(2)11-16-5-6-18-19(12-16)27-13-26-18)20(23)28-15(3)29-21(24)30-17-7-9-25-10-8-17/h5-6,12,14-15,17H,4,7-11,13H2,1-3H3. The highest BCUT2D eigenvalue weighted by molar-refractivity contribution is 5.68. The molecule has 9 heteroatoms. The third kappa shape index (κ3) is 5.91. The Labute approximate surface area is 176 Å². The number of rotatable bonds is 7. The summed E-state index contributed by atoms with van der Waals surface area (Å²) in [6, 6.07) is 5.58. The van der Waals surface area contributed by atoms with Crippen LogP contribution in [-0.2, 0) is 25.4 Å². The van der Waals surface area contributed by atoms with E-state index in [4.69, 9.17) is 28.4 Å². The first-order chi connectivity index (χ1) is 14.5. The van der Waals surface area contributed by atoms with E-state index >= 15 is 0 Å². The highest BCUT2D eigenvalue weighted by atomic mass is 16.8. The van der Waals surface area contributed by atoms with E-state index in [1.54, 1.807) is 4.90 Å². The smallest absolute Gasteiger partial charge is 0.454 e. The maximum absolute atomic E-state index is 12.6. The van der Waals surface area contributed by atoms with Gasteiger partial charge in [0.1, 0.15) is 6.10 Å². The first kappa shape index (κ1) is 22.0. The molecule has 2 aliphatic heterocycles. The van der Waals surface area contributed by atoms with Crippen LogP contribution in [0.15, 0.2) is 18.2 Å². The van der Waals surface area contributed by atoms with Crippen molar-refractivity contribution >= 4 is 12.2 Å². The van der Waals surface area contributed by atoms with Crippen LogP contribution < -0.4 is 9.47 Å². The van der Waals surface area contributed by atoms with Crippen molar-refractivity contribution in [2.45, 2.75) is 58.5 Å². The predicted molar refractivity (Wildman–Crippen MR) is 105 cm³/mol. The Morgan fingerprint density at radius 2 is 1.87 bits per heavy atom. The fraction of sp³-hybridized carbons (Fsp3) is 0.619. The molecule has 0 saturated carbocycles. The number of ether oxygens (including phenoxy) is 6. The lowest BCUT2D eigenvalue weighted by Gasteiger charge is -2.29. The molecule has 2 heterocycles. The number of hydrogen-bond acceptors (Lipinski definition) is 8. The molecule has 1 aromatic rings. The number of carbonyl (C=O) groups is 2. The second-order valence-corrected chi connectivity index (χ2v) is 7.28. The molecule has 0 aliphatic carbocycles. The maximum atomic E-state index is 12.6. The molecule has 0 radical (unpaired) electrons. The zero-order valence-electron chi connectivity index (χ0n) is 17.6. The summed E-state index contributed by atoms with van der Waals surface area (Å²) in [7, 11) is 0. The highest BCUT2D eigenvalue weighted by Crippen LogP contribution is 2.33. The van der Waals surface area contributed by atoms with E-state index in [1.807, 2.05) is 32.0 Å². The van der Waals surface area contributed by atoms with Gasteiger partial charge < -0.3 is 33.3 Å². The zero-order valence-corrected chi connectivity index (χ0v) is 17.6. The normalized spacial score (nSPS) is 17.7. The van der Waals surface area contributed by atoms with Crippen LogP contribution in [0.1, 0.15) is 39.2 Å². The van der Waals surface area contributed by atoms with Crippen molar-refractivity contribution in [1.29, 1.82) is 0 Å². The van der Waals surface area contributed by atoms with Crippen molar-refractivity contribution in [3.8, 4) is 11.5 Å². The van der Waals surface area contributed by atoms with Crippen molar-refractivity contribution in [3.63, 3.8) is 0 Å². The molecule has 2 aliphatic rings. The molecule has 3 rings (SSSR count). The lowest BCUT2D eigenvalue weighted by atomic mass is 10.1. The van der Waals surface area contributed by atoms with Crippen LogP contribution in [0.2, 0.25) is 0 Å². The molecule has 0 bridgehead atoms. The van der Waals surface area contributed by atoms with Gasteiger partial charge in [-0.3, -0.25) is 0 Å². The summed E-state index contributed by atoms with van der Waals surface area (Å²) in [5.41, 5.74) is 1.02. The van der Waals surface area contributed by atoms with Gasteiger partial charge in [-0.1, -0.05) is 6.07 Å². The lowest BCUT2D eigenvalue weighted by molar-refractivity contribution is -0.0995. The quantitative estimate of drug-likeness (QED) is 0.486. The van der Waals surface area contributed by atoms with Gasteiger partial charge in [0.05, 0.1) is 13.2 Å². The molecular formula is C21H29NO8. The number of fused-ring (bicyclic) bond motifs is 1. The van der Waals surface area contributed by atoms with Crippen LogP contribution in [0.4, 0.5) is 9.59 Å². The molecule has 0 N–H and O–H groups in total. The summed E-state index contributed by atoms with van der Waals surface area (Å²) in [4.78, 5) is 26.1. The number of carbonyl (C=O) groups excluding carboxylic acids is 2. The van der Waals surface area contributed by atoms with Crippen molar-refractivity contribution in [3.05, 3.63) is 23.8 Å². The van der Waals surface area contributed by atoms with Crippen LogP contribution in [0.25, 0.3) is 0 Å². The Kier molecular flexibility index (Phi) is 7.62. The Hall–Kier alpha value is -2.68. The number of likely N-dealkylation sites (N-methyl/N-ethyl adjacent to an activating group) is 1. The topological polar surface area (TPSA) is 92.8 Å². The van der Waals surface area contributed by atoms with Crippen molar-refractivity contribution < 1.29 is 38.0 Å². The first-order valence-electron chi connectivity index (χ1n) is 10.3. The third-order valence-corrected chi connectivity index (χ3v) is 5.04. The van der Waals surface area contributed by atoms with Crippen LogP contribution in [0.3, 0.4) is 0 Å². The minimum absolute atomic E-state index is 0.135. The summed E-state index contributed by atoms with van der Waals surface area (Å²) in [5.74, 6) is 1.42. The summed E-state index contributed by atoms with van der Waals surface area (Å²) >= 11 is 0. The number of amides is 1. The van der Waals surface area contributed by atoms with Gasteiger partial charge in [-0.05, 0) is 38.0 Å². The first-order valence-corrected chi connectivity index (χ1v) is 10.3. The van der Waals surface area contributed by atoms with Crippen LogP contribution >= 0.6 is 0 Å². The SMILES string of the molecule is CCN(C(=O)OC(C)OC(=O)OC1CCOCC1)C(C)Cc1ccc2c(c1)OCO2. The summed E-state index contributed by atoms with van der Waals surface area (Å²) < 4.78 is 31.5. The number of hydrogen-bond donors (Lipinski definition) is 0. The van der Waals surface area contributed by atoms with Gasteiger partial charge in [-0.15, -0.1) is 0 Å². The van der Waals surface area contributed by atoms with E-state index in [1.165, 1.54) is 6.92 Å². The molecule has 1 amide bonds. The van der Waals surface area contributed by atoms with Gasteiger partial charge in [0.15, 0.2) is 11.5 Å². The summed E-state index contributed by atoms with van der Waals surface area (Å²) in [5, 5.41) is 0. The second-order valence-electron chi connectivity index (χ2n) is 7.28. The Bertz CT molecular complexity index is 734. The molecule has 2 atom stereocenters. The summed E-state index contributed by atoms with van der Waals surface area (Å²) in [6.07, 6.45) is -0.829. The minimum atomic E-state index is -1.06. The number of nitrogens with zero attached hydrogens (tertiary/aromatic N) is 1. The minimum Gasteiger partial charge on any atom is -0.454 e. The molecule has 2 unspecified atom stereocenters. The zero-order chi connectivity index (χ0) is 21.5. The molecule has 1 aromatic carbocycles. The van der Waals surface area contributed by atoms with Crippen LogP contribution in [0.5, 0.6) is 11.5 Å². The van der Waals surface area contributed by atoms with Gasteiger partial charge >= 0.3 is 12.2 Å². The van der Waals surface area contributed by atoms with Gasteiger partial charge in [-0.2, -0.15) is 0 Å². The van der Waals surface area contributed by atoms with E-state index in [0.717, 1.165) is 11.3 Å². The largest absolute Gasteiger partial charge is 0.511 e. The fourth-order valence-electron chi connectivity index (χ4n) is 3.47. The predicted octanol–water partition coefficient (Wildman–Crippen LogP) is 3.48. The molecule has 0 aromatic heterocycles. The molecule has 9 nitrogen and oxygen atoms in total. The van der Waals surface area contributed by atoms with Gasteiger partial charge in [-0.25, -0.2) is 9.59 Å². The number of benzene rings is 1. The molecule has 166 valence electrons. The van der Waals surface area contributed by atoms with Crippen LogP contribution in [0, 0.1) is 0 Å². The van der Waals surface area contributed by atoms with E-state index in [2.05, 4.69) is 0 Å². The molecule has 0 spiro atoms. The lowest BCUT2D eigenvalue weighted by Crippen LogP contribution is -2.42. The Morgan fingerprint density at radius 3 is 2.60 bits per heavy atom. The van der Waals surface area contributed by atoms with E-state index in [-0.39, 0.29) is 18.9 Å². The Balaban J connectivity index is 1.47.